The lowest BCUT2D eigenvalue weighted by atomic mass is 10.1. The molecule has 0 atom stereocenters. The maximum atomic E-state index is 11.7. The number of carbonyl (C=O) groups excluding carboxylic acids is 1. The van der Waals surface area contributed by atoms with Gasteiger partial charge in [-0.25, -0.2) is 0 Å². The standard InChI is InChI=1S/C11H13N3O3/c1-8-6-9(14(16)17)4-5-10(8)11(15)12-7-13(2)3/h4-7H,1-3H3/b12-7+. The Hall–Kier alpha value is -2.24. The summed E-state index contributed by atoms with van der Waals surface area (Å²) >= 11 is 0. The molecular weight excluding hydrogens is 222 g/mol. The average molecular weight is 235 g/mol. The first-order valence-corrected chi connectivity index (χ1v) is 4.92. The number of carbonyl (C=O) groups is 1. The first-order valence-electron chi connectivity index (χ1n) is 4.92. The number of aryl methyl sites for hydroxylation is 1. The second-order valence-corrected chi connectivity index (χ2v) is 3.77. The summed E-state index contributed by atoms with van der Waals surface area (Å²) in [4.78, 5) is 27.1. The minimum Gasteiger partial charge on any atom is -0.369 e. The quantitative estimate of drug-likeness (QED) is 0.345. The molecule has 1 aromatic rings. The van der Waals surface area contributed by atoms with Gasteiger partial charge in [-0.05, 0) is 18.6 Å². The van der Waals surface area contributed by atoms with Crippen LogP contribution in [0.15, 0.2) is 23.2 Å². The van der Waals surface area contributed by atoms with Gasteiger partial charge in [-0.2, -0.15) is 4.99 Å². The molecule has 90 valence electrons. The zero-order valence-electron chi connectivity index (χ0n) is 9.88. The maximum Gasteiger partial charge on any atom is 0.278 e. The van der Waals surface area contributed by atoms with Crippen LogP contribution in [0.25, 0.3) is 0 Å². The predicted octanol–water partition coefficient (Wildman–Crippen LogP) is 1.63. The predicted molar refractivity (Wildman–Crippen MR) is 64.3 cm³/mol. The summed E-state index contributed by atoms with van der Waals surface area (Å²) in [5.74, 6) is -0.411. The molecule has 0 bridgehead atoms. The lowest BCUT2D eigenvalue weighted by Crippen LogP contribution is -2.10. The Kier molecular flexibility index (Phi) is 3.92. The number of amides is 1. The highest BCUT2D eigenvalue weighted by Gasteiger charge is 2.12. The van der Waals surface area contributed by atoms with Crippen molar-refractivity contribution in [3.05, 3.63) is 39.4 Å². The van der Waals surface area contributed by atoms with Crippen LogP contribution in [0.4, 0.5) is 5.69 Å². The Labute approximate surface area is 98.7 Å². The Bertz CT molecular complexity index is 481. The zero-order chi connectivity index (χ0) is 13.0. The lowest BCUT2D eigenvalue weighted by Gasteiger charge is -2.03. The summed E-state index contributed by atoms with van der Waals surface area (Å²) in [6, 6.07) is 4.08. The third kappa shape index (κ3) is 3.37. The van der Waals surface area contributed by atoms with Gasteiger partial charge >= 0.3 is 0 Å². The Balaban J connectivity index is 3.00. The SMILES string of the molecule is Cc1cc([N+](=O)[O-])ccc1C(=O)/N=C/N(C)C. The molecule has 0 aliphatic heterocycles. The fourth-order valence-electron chi connectivity index (χ4n) is 1.24. The summed E-state index contributed by atoms with van der Waals surface area (Å²) < 4.78 is 0. The summed E-state index contributed by atoms with van der Waals surface area (Å²) in [6.45, 7) is 1.64. The molecule has 0 saturated carbocycles. The van der Waals surface area contributed by atoms with Crippen molar-refractivity contribution in [2.75, 3.05) is 14.1 Å². The van der Waals surface area contributed by atoms with E-state index in [4.69, 9.17) is 0 Å². The van der Waals surface area contributed by atoms with Crippen LogP contribution >= 0.6 is 0 Å². The molecular formula is C11H13N3O3. The highest BCUT2D eigenvalue weighted by molar-refractivity contribution is 6.00. The molecule has 0 radical (unpaired) electrons. The molecule has 0 aliphatic rings. The van der Waals surface area contributed by atoms with Gasteiger partial charge in [0.25, 0.3) is 11.6 Å². The molecule has 1 amide bonds. The Morgan fingerprint density at radius 1 is 1.47 bits per heavy atom. The zero-order valence-corrected chi connectivity index (χ0v) is 9.88. The number of nitro groups is 1. The minimum atomic E-state index is -0.496. The number of benzene rings is 1. The van der Waals surface area contributed by atoms with E-state index in [0.717, 1.165) is 0 Å². The molecule has 17 heavy (non-hydrogen) atoms. The van der Waals surface area contributed by atoms with Crippen LogP contribution in [0.2, 0.25) is 0 Å². The van der Waals surface area contributed by atoms with Crippen molar-refractivity contribution >= 4 is 17.9 Å². The molecule has 0 N–H and O–H groups in total. The van der Waals surface area contributed by atoms with Crippen LogP contribution in [0.1, 0.15) is 15.9 Å². The van der Waals surface area contributed by atoms with Crippen molar-refractivity contribution in [1.82, 2.24) is 4.90 Å². The molecule has 1 rings (SSSR count). The number of rotatable bonds is 3. The molecule has 0 saturated heterocycles. The van der Waals surface area contributed by atoms with Gasteiger partial charge in [0.2, 0.25) is 0 Å². The summed E-state index contributed by atoms with van der Waals surface area (Å²) in [7, 11) is 3.50. The monoisotopic (exact) mass is 235 g/mol. The van der Waals surface area contributed by atoms with Crippen molar-refractivity contribution in [2.45, 2.75) is 6.92 Å². The fourth-order valence-corrected chi connectivity index (χ4v) is 1.24. The van der Waals surface area contributed by atoms with Crippen LogP contribution < -0.4 is 0 Å². The number of aliphatic imine (C=N–C) groups is 1. The van der Waals surface area contributed by atoms with Gasteiger partial charge in [-0.15, -0.1) is 0 Å². The third-order valence-corrected chi connectivity index (χ3v) is 2.06. The highest BCUT2D eigenvalue weighted by Crippen LogP contribution is 2.17. The Morgan fingerprint density at radius 3 is 2.59 bits per heavy atom. The van der Waals surface area contributed by atoms with Crippen LogP contribution in [0.3, 0.4) is 0 Å². The molecule has 0 unspecified atom stereocenters. The van der Waals surface area contributed by atoms with Crippen LogP contribution in [0.5, 0.6) is 0 Å². The van der Waals surface area contributed by atoms with E-state index in [2.05, 4.69) is 4.99 Å². The van der Waals surface area contributed by atoms with E-state index < -0.39 is 10.8 Å². The van der Waals surface area contributed by atoms with E-state index in [1.165, 1.54) is 24.5 Å². The number of hydrogen-bond acceptors (Lipinski definition) is 3. The summed E-state index contributed by atoms with van der Waals surface area (Å²) in [5, 5.41) is 10.5. The van der Waals surface area contributed by atoms with Crippen LogP contribution in [-0.2, 0) is 0 Å². The molecule has 0 aliphatic carbocycles. The second kappa shape index (κ2) is 5.20. The van der Waals surface area contributed by atoms with Gasteiger partial charge in [-0.3, -0.25) is 14.9 Å². The van der Waals surface area contributed by atoms with E-state index in [9.17, 15) is 14.9 Å². The number of nitrogens with zero attached hydrogens (tertiary/aromatic N) is 3. The first-order chi connectivity index (χ1) is 7.91. The van der Waals surface area contributed by atoms with Crippen LogP contribution in [0, 0.1) is 17.0 Å². The number of non-ortho nitro benzene ring substituents is 1. The maximum absolute atomic E-state index is 11.7. The van der Waals surface area contributed by atoms with Gasteiger partial charge < -0.3 is 4.90 Å². The Morgan fingerprint density at radius 2 is 2.12 bits per heavy atom. The van der Waals surface area contributed by atoms with Gasteiger partial charge in [0.05, 0.1) is 11.3 Å². The molecule has 6 heteroatoms. The second-order valence-electron chi connectivity index (χ2n) is 3.77. The summed E-state index contributed by atoms with van der Waals surface area (Å²) in [6.07, 6.45) is 1.39. The van der Waals surface area contributed by atoms with E-state index in [1.807, 2.05) is 0 Å². The van der Waals surface area contributed by atoms with E-state index in [-0.39, 0.29) is 5.69 Å². The smallest absolute Gasteiger partial charge is 0.278 e. The fraction of sp³-hybridized carbons (Fsp3) is 0.273. The molecule has 0 heterocycles. The van der Waals surface area contributed by atoms with Gasteiger partial charge in [-0.1, -0.05) is 0 Å². The molecule has 0 spiro atoms. The van der Waals surface area contributed by atoms with Gasteiger partial charge in [0.1, 0.15) is 0 Å². The van der Waals surface area contributed by atoms with Crippen molar-refractivity contribution in [3.8, 4) is 0 Å². The van der Waals surface area contributed by atoms with Crippen molar-refractivity contribution in [1.29, 1.82) is 0 Å². The average Bonchev–Trinajstić information content (AvgIpc) is 2.25. The van der Waals surface area contributed by atoms with E-state index >= 15 is 0 Å². The highest BCUT2D eigenvalue weighted by atomic mass is 16.6. The normalized spacial score (nSPS) is 10.5. The topological polar surface area (TPSA) is 75.8 Å². The first kappa shape index (κ1) is 12.8. The largest absolute Gasteiger partial charge is 0.369 e. The van der Waals surface area contributed by atoms with E-state index in [1.54, 1.807) is 25.9 Å². The van der Waals surface area contributed by atoms with Crippen LogP contribution in [-0.4, -0.2) is 36.2 Å². The molecule has 0 aromatic heterocycles. The van der Waals surface area contributed by atoms with Gasteiger partial charge in [0, 0.05) is 31.8 Å². The molecule has 1 aromatic carbocycles. The number of hydrogen-bond donors (Lipinski definition) is 0. The van der Waals surface area contributed by atoms with Crippen molar-refractivity contribution < 1.29 is 9.72 Å². The summed E-state index contributed by atoms with van der Waals surface area (Å²) in [5.41, 5.74) is 0.879. The molecule has 0 fully saturated rings. The minimum absolute atomic E-state index is 0.0318. The molecule has 6 nitrogen and oxygen atoms in total. The lowest BCUT2D eigenvalue weighted by molar-refractivity contribution is -0.384. The third-order valence-electron chi connectivity index (χ3n) is 2.06. The van der Waals surface area contributed by atoms with E-state index in [0.29, 0.717) is 11.1 Å². The van der Waals surface area contributed by atoms with Gasteiger partial charge in [0.15, 0.2) is 0 Å². The number of nitro benzene ring substituents is 1. The van der Waals surface area contributed by atoms with Crippen molar-refractivity contribution in [3.63, 3.8) is 0 Å². The van der Waals surface area contributed by atoms with Crippen molar-refractivity contribution in [2.24, 2.45) is 4.99 Å².